The SMILES string of the molecule is O=S(=O)(Cl)N1C=CC=c2ccccc2=N1. The van der Waals surface area contributed by atoms with E-state index < -0.39 is 9.24 Å². The van der Waals surface area contributed by atoms with Crippen LogP contribution in [0.15, 0.2) is 41.6 Å². The molecule has 0 aliphatic carbocycles. The van der Waals surface area contributed by atoms with Gasteiger partial charge in [0.1, 0.15) is 0 Å². The molecule has 0 amide bonds. The van der Waals surface area contributed by atoms with Gasteiger partial charge in [0.05, 0.1) is 5.36 Å². The molecule has 0 fully saturated rings. The van der Waals surface area contributed by atoms with E-state index in [4.69, 9.17) is 10.7 Å². The van der Waals surface area contributed by atoms with E-state index in [2.05, 4.69) is 5.10 Å². The van der Waals surface area contributed by atoms with E-state index in [1.165, 1.54) is 6.20 Å². The Morgan fingerprint density at radius 1 is 1.27 bits per heavy atom. The Hall–Kier alpha value is -1.33. The molecule has 0 unspecified atom stereocenters. The van der Waals surface area contributed by atoms with Crippen LogP contribution in [0.25, 0.3) is 6.08 Å². The van der Waals surface area contributed by atoms with Crippen LogP contribution >= 0.6 is 10.7 Å². The monoisotopic (exact) mass is 242 g/mol. The molecule has 0 N–H and O–H groups in total. The second-order valence-electron chi connectivity index (χ2n) is 2.88. The summed E-state index contributed by atoms with van der Waals surface area (Å²) in [6.07, 6.45) is 4.64. The third kappa shape index (κ3) is 2.19. The molecule has 0 spiro atoms. The summed E-state index contributed by atoms with van der Waals surface area (Å²) in [5.74, 6) is 0. The van der Waals surface area contributed by atoms with Crippen molar-refractivity contribution in [3.8, 4) is 0 Å². The Kier molecular flexibility index (Phi) is 2.50. The van der Waals surface area contributed by atoms with Gasteiger partial charge in [0.25, 0.3) is 0 Å². The van der Waals surface area contributed by atoms with Crippen LogP contribution in [0.1, 0.15) is 0 Å². The van der Waals surface area contributed by atoms with E-state index >= 15 is 0 Å². The molecule has 0 aromatic heterocycles. The minimum absolute atomic E-state index is 0.562. The van der Waals surface area contributed by atoms with Gasteiger partial charge in [-0.25, -0.2) is 0 Å². The molecule has 6 heteroatoms. The van der Waals surface area contributed by atoms with Crippen molar-refractivity contribution in [3.05, 3.63) is 47.1 Å². The van der Waals surface area contributed by atoms with Crippen molar-refractivity contribution in [2.24, 2.45) is 5.10 Å². The minimum Gasteiger partial charge on any atom is -0.187 e. The summed E-state index contributed by atoms with van der Waals surface area (Å²) in [7, 11) is 1.33. The molecule has 1 aromatic rings. The minimum atomic E-state index is -3.86. The average Bonchev–Trinajstić information content (AvgIpc) is 2.38. The van der Waals surface area contributed by atoms with Crippen molar-refractivity contribution in [1.82, 2.24) is 4.41 Å². The van der Waals surface area contributed by atoms with E-state index in [0.717, 1.165) is 9.63 Å². The number of halogens is 1. The zero-order valence-corrected chi connectivity index (χ0v) is 9.11. The van der Waals surface area contributed by atoms with Gasteiger partial charge in [-0.05, 0) is 12.1 Å². The molecule has 15 heavy (non-hydrogen) atoms. The topological polar surface area (TPSA) is 49.7 Å². The van der Waals surface area contributed by atoms with Gasteiger partial charge in [-0.15, -0.1) is 0 Å². The average molecular weight is 243 g/mol. The quantitative estimate of drug-likeness (QED) is 0.666. The number of benzene rings is 1. The first-order chi connectivity index (χ1) is 7.07. The summed E-state index contributed by atoms with van der Waals surface area (Å²) in [6.45, 7) is 0. The largest absolute Gasteiger partial charge is 0.340 e. The zero-order valence-electron chi connectivity index (χ0n) is 7.54. The number of hydrogen-bond donors (Lipinski definition) is 0. The van der Waals surface area contributed by atoms with E-state index in [1.54, 1.807) is 24.3 Å². The summed E-state index contributed by atoms with van der Waals surface area (Å²) >= 11 is 0. The number of hydrogen-bond acceptors (Lipinski definition) is 3. The van der Waals surface area contributed by atoms with Crippen molar-refractivity contribution in [3.63, 3.8) is 0 Å². The first-order valence-electron chi connectivity index (χ1n) is 4.13. The van der Waals surface area contributed by atoms with Gasteiger partial charge in [0, 0.05) is 22.1 Å². The van der Waals surface area contributed by atoms with Gasteiger partial charge >= 0.3 is 9.24 Å². The fourth-order valence-corrected chi connectivity index (χ4v) is 1.83. The highest BCUT2D eigenvalue weighted by molar-refractivity contribution is 8.11. The predicted octanol–water partition coefficient (Wildman–Crippen LogP) is 0.315. The smallest absolute Gasteiger partial charge is 0.187 e. The van der Waals surface area contributed by atoms with Crippen LogP contribution in [-0.2, 0) is 9.24 Å². The maximum Gasteiger partial charge on any atom is 0.340 e. The van der Waals surface area contributed by atoms with Crippen LogP contribution in [0.4, 0.5) is 0 Å². The van der Waals surface area contributed by atoms with Gasteiger partial charge in [-0.3, -0.25) is 0 Å². The van der Waals surface area contributed by atoms with Crippen LogP contribution in [0, 0.1) is 0 Å². The van der Waals surface area contributed by atoms with Crippen LogP contribution < -0.4 is 10.6 Å². The first kappa shape index (κ1) is 10.2. The van der Waals surface area contributed by atoms with Gasteiger partial charge in [0.15, 0.2) is 0 Å². The Morgan fingerprint density at radius 2 is 2.00 bits per heavy atom. The molecule has 1 heterocycles. The normalized spacial score (nSPS) is 14.9. The third-order valence-corrected chi connectivity index (χ3v) is 2.93. The number of rotatable bonds is 1. The van der Waals surface area contributed by atoms with Crippen molar-refractivity contribution >= 4 is 26.0 Å². The molecule has 78 valence electrons. The highest BCUT2D eigenvalue weighted by Gasteiger charge is 2.13. The number of allylic oxidation sites excluding steroid dienone is 1. The zero-order chi connectivity index (χ0) is 10.9. The molecule has 0 atom stereocenters. The summed E-state index contributed by atoms with van der Waals surface area (Å²) in [5.41, 5.74) is 0. The molecule has 0 radical (unpaired) electrons. The molecule has 0 saturated heterocycles. The van der Waals surface area contributed by atoms with E-state index in [9.17, 15) is 8.42 Å². The fraction of sp³-hybridized carbons (Fsp3) is 0. The fourth-order valence-electron chi connectivity index (χ4n) is 1.20. The maximum atomic E-state index is 11.1. The Labute approximate surface area is 91.3 Å². The van der Waals surface area contributed by atoms with Crippen LogP contribution in [0.3, 0.4) is 0 Å². The number of fused-ring (bicyclic) bond motifs is 1. The summed E-state index contributed by atoms with van der Waals surface area (Å²) in [6, 6.07) is 7.19. The molecule has 1 aliphatic rings. The molecule has 1 aromatic carbocycles. The maximum absolute atomic E-state index is 11.1. The van der Waals surface area contributed by atoms with E-state index in [0.29, 0.717) is 5.36 Å². The van der Waals surface area contributed by atoms with Crippen molar-refractivity contribution in [2.45, 2.75) is 0 Å². The Morgan fingerprint density at radius 3 is 2.73 bits per heavy atom. The number of nitrogens with zero attached hydrogens (tertiary/aromatic N) is 2. The molecular weight excluding hydrogens is 236 g/mol. The lowest BCUT2D eigenvalue weighted by atomic mass is 10.3. The predicted molar refractivity (Wildman–Crippen MR) is 57.4 cm³/mol. The highest BCUT2D eigenvalue weighted by atomic mass is 35.7. The van der Waals surface area contributed by atoms with Gasteiger partial charge in [-0.2, -0.15) is 17.9 Å². The lowest BCUT2D eigenvalue weighted by Crippen LogP contribution is -2.27. The van der Waals surface area contributed by atoms with Crippen molar-refractivity contribution < 1.29 is 8.42 Å². The summed E-state index contributed by atoms with van der Waals surface area (Å²) in [5, 5.41) is 5.31. The van der Waals surface area contributed by atoms with Gasteiger partial charge in [-0.1, -0.05) is 24.3 Å². The Balaban J connectivity index is 2.68. The van der Waals surface area contributed by atoms with E-state index in [1.807, 2.05) is 12.1 Å². The molecule has 1 aliphatic heterocycles. The summed E-state index contributed by atoms with van der Waals surface area (Å²) < 4.78 is 22.9. The lowest BCUT2D eigenvalue weighted by molar-refractivity contribution is 0.522. The van der Waals surface area contributed by atoms with Gasteiger partial charge < -0.3 is 0 Å². The lowest BCUT2D eigenvalue weighted by Gasteiger charge is -2.06. The van der Waals surface area contributed by atoms with Crippen LogP contribution in [-0.4, -0.2) is 12.8 Å². The standard InChI is InChI=1S/C9H7ClN2O2S/c10-15(13,14)12-7-3-5-8-4-1-2-6-9(8)11-12/h1-7H. The van der Waals surface area contributed by atoms with Crippen molar-refractivity contribution in [2.75, 3.05) is 0 Å². The van der Waals surface area contributed by atoms with E-state index in [-0.39, 0.29) is 0 Å². The molecule has 0 bridgehead atoms. The Bertz CT molecular complexity index is 622. The second kappa shape index (κ2) is 3.67. The van der Waals surface area contributed by atoms with Crippen molar-refractivity contribution in [1.29, 1.82) is 0 Å². The molecular formula is C9H7ClN2O2S. The summed E-state index contributed by atoms with van der Waals surface area (Å²) in [4.78, 5) is 0. The molecule has 0 saturated carbocycles. The van der Waals surface area contributed by atoms with Crippen LogP contribution in [0.2, 0.25) is 0 Å². The molecule has 4 nitrogen and oxygen atoms in total. The first-order valence-corrected chi connectivity index (χ1v) is 6.40. The second-order valence-corrected chi connectivity index (χ2v) is 5.25. The molecule has 2 rings (SSSR count). The highest BCUT2D eigenvalue weighted by Crippen LogP contribution is 2.07. The third-order valence-electron chi connectivity index (χ3n) is 1.86. The van der Waals surface area contributed by atoms with Gasteiger partial charge in [0.2, 0.25) is 0 Å². The van der Waals surface area contributed by atoms with Crippen LogP contribution in [0.5, 0.6) is 0 Å².